The smallest absolute Gasteiger partial charge is 0.253 e. The standard InChI is InChI=1S/C21H26N4O2S2/c1-12-9-13(2)25(24-12)20-22-18(28-8-6-7-14(3)26)17-15-10-21(4,5)27-11-16(15)29-19(17)23-20/h9H,6-8,10-11H2,1-5H3. The summed E-state index contributed by atoms with van der Waals surface area (Å²) in [5.74, 6) is 1.69. The summed E-state index contributed by atoms with van der Waals surface area (Å²) in [4.78, 5) is 23.3. The number of nitrogens with zero attached hydrogens (tertiary/aromatic N) is 4. The Bertz CT molecular complexity index is 1080. The molecule has 0 amide bonds. The molecule has 3 aromatic rings. The van der Waals surface area contributed by atoms with Gasteiger partial charge in [-0.3, -0.25) is 0 Å². The van der Waals surface area contributed by atoms with E-state index in [2.05, 4.69) is 18.9 Å². The summed E-state index contributed by atoms with van der Waals surface area (Å²) in [7, 11) is 0. The summed E-state index contributed by atoms with van der Waals surface area (Å²) < 4.78 is 7.84. The Kier molecular flexibility index (Phi) is 5.52. The van der Waals surface area contributed by atoms with Crippen molar-refractivity contribution in [3.05, 3.63) is 27.9 Å². The fourth-order valence-corrected chi connectivity index (χ4v) is 5.78. The molecular weight excluding hydrogens is 404 g/mol. The minimum Gasteiger partial charge on any atom is -0.370 e. The molecule has 0 atom stereocenters. The Hall–Kier alpha value is -1.77. The third-order valence-corrected chi connectivity index (χ3v) is 7.16. The van der Waals surface area contributed by atoms with Gasteiger partial charge in [-0.05, 0) is 58.4 Å². The number of carbonyl (C=O) groups is 1. The van der Waals surface area contributed by atoms with Crippen LogP contribution < -0.4 is 0 Å². The first-order valence-corrected chi connectivity index (χ1v) is 11.7. The molecule has 4 rings (SSSR count). The zero-order chi connectivity index (χ0) is 20.8. The van der Waals surface area contributed by atoms with Crippen molar-refractivity contribution in [3.63, 3.8) is 0 Å². The number of hydrogen-bond donors (Lipinski definition) is 0. The van der Waals surface area contributed by atoms with E-state index in [0.29, 0.717) is 19.0 Å². The van der Waals surface area contributed by atoms with Gasteiger partial charge >= 0.3 is 0 Å². The predicted molar refractivity (Wildman–Crippen MR) is 117 cm³/mol. The Labute approximate surface area is 179 Å². The van der Waals surface area contributed by atoms with Gasteiger partial charge in [-0.2, -0.15) is 10.1 Å². The van der Waals surface area contributed by atoms with Crippen molar-refractivity contribution in [1.29, 1.82) is 0 Å². The summed E-state index contributed by atoms with van der Waals surface area (Å²) in [6, 6.07) is 2.03. The number of ether oxygens (including phenoxy) is 1. The van der Waals surface area contributed by atoms with E-state index < -0.39 is 0 Å². The lowest BCUT2D eigenvalue weighted by molar-refractivity contribution is -0.117. The Balaban J connectivity index is 1.80. The van der Waals surface area contributed by atoms with E-state index in [-0.39, 0.29) is 11.4 Å². The molecule has 29 heavy (non-hydrogen) atoms. The lowest BCUT2D eigenvalue weighted by atomic mass is 9.95. The highest BCUT2D eigenvalue weighted by Gasteiger charge is 2.31. The monoisotopic (exact) mass is 430 g/mol. The SMILES string of the molecule is CC(=O)CCCSc1nc(-n2nc(C)cc2C)nc2sc3c(c12)CC(C)(C)OC3. The van der Waals surface area contributed by atoms with Crippen LogP contribution in [0, 0.1) is 13.8 Å². The third-order valence-electron chi connectivity index (χ3n) is 5.00. The average Bonchev–Trinajstić information content (AvgIpc) is 3.16. The molecule has 1 aliphatic heterocycles. The van der Waals surface area contributed by atoms with Crippen molar-refractivity contribution in [2.45, 2.75) is 71.1 Å². The number of rotatable bonds is 6. The molecule has 4 heterocycles. The van der Waals surface area contributed by atoms with Crippen LogP contribution in [-0.4, -0.2) is 36.9 Å². The first-order valence-electron chi connectivity index (χ1n) is 9.85. The molecule has 0 N–H and O–H groups in total. The van der Waals surface area contributed by atoms with E-state index in [4.69, 9.17) is 14.7 Å². The average molecular weight is 431 g/mol. The normalized spacial score (nSPS) is 15.6. The first kappa shape index (κ1) is 20.5. The van der Waals surface area contributed by atoms with Crippen LogP contribution in [0.15, 0.2) is 11.1 Å². The van der Waals surface area contributed by atoms with Crippen LogP contribution in [0.5, 0.6) is 0 Å². The fourth-order valence-electron chi connectivity index (χ4n) is 3.62. The van der Waals surface area contributed by atoms with Crippen molar-refractivity contribution >= 4 is 39.1 Å². The lowest BCUT2D eigenvalue weighted by Gasteiger charge is -2.30. The van der Waals surface area contributed by atoms with Crippen molar-refractivity contribution in [1.82, 2.24) is 19.7 Å². The van der Waals surface area contributed by atoms with Gasteiger partial charge in [-0.15, -0.1) is 23.1 Å². The van der Waals surface area contributed by atoms with Crippen LogP contribution in [0.3, 0.4) is 0 Å². The number of hydrogen-bond acceptors (Lipinski definition) is 7. The topological polar surface area (TPSA) is 69.9 Å². The van der Waals surface area contributed by atoms with Gasteiger partial charge in [-0.25, -0.2) is 9.67 Å². The van der Waals surface area contributed by atoms with Crippen molar-refractivity contribution < 1.29 is 9.53 Å². The van der Waals surface area contributed by atoms with Gasteiger partial charge in [0.1, 0.15) is 15.6 Å². The Morgan fingerprint density at radius 3 is 2.83 bits per heavy atom. The van der Waals surface area contributed by atoms with Gasteiger partial charge in [0, 0.05) is 28.8 Å². The Morgan fingerprint density at radius 1 is 1.34 bits per heavy atom. The van der Waals surface area contributed by atoms with Crippen molar-refractivity contribution in [3.8, 4) is 5.95 Å². The molecule has 3 aromatic heterocycles. The van der Waals surface area contributed by atoms with Crippen molar-refractivity contribution in [2.75, 3.05) is 5.75 Å². The molecule has 6 nitrogen and oxygen atoms in total. The van der Waals surface area contributed by atoms with E-state index in [1.54, 1.807) is 30.0 Å². The maximum Gasteiger partial charge on any atom is 0.253 e. The highest BCUT2D eigenvalue weighted by molar-refractivity contribution is 7.99. The molecule has 1 aliphatic rings. The summed E-state index contributed by atoms with van der Waals surface area (Å²) in [5, 5.41) is 6.71. The van der Waals surface area contributed by atoms with E-state index in [1.165, 1.54) is 10.4 Å². The van der Waals surface area contributed by atoms with Gasteiger partial charge in [0.2, 0.25) is 0 Å². The lowest BCUT2D eigenvalue weighted by Crippen LogP contribution is -2.31. The van der Waals surface area contributed by atoms with Crippen LogP contribution in [0.2, 0.25) is 0 Å². The maximum absolute atomic E-state index is 11.3. The van der Waals surface area contributed by atoms with E-state index in [0.717, 1.165) is 45.2 Å². The van der Waals surface area contributed by atoms with Gasteiger partial charge in [-0.1, -0.05) is 0 Å². The zero-order valence-corrected chi connectivity index (χ0v) is 19.2. The van der Waals surface area contributed by atoms with Crippen LogP contribution in [0.4, 0.5) is 0 Å². The number of ketones is 1. The molecule has 0 aromatic carbocycles. The van der Waals surface area contributed by atoms with Crippen LogP contribution >= 0.6 is 23.1 Å². The molecule has 154 valence electrons. The molecular formula is C21H26N4O2S2. The molecule has 0 fully saturated rings. The molecule has 0 radical (unpaired) electrons. The fraction of sp³-hybridized carbons (Fsp3) is 0.524. The molecule has 0 bridgehead atoms. The van der Waals surface area contributed by atoms with Crippen LogP contribution in [0.1, 0.15) is 55.4 Å². The van der Waals surface area contributed by atoms with E-state index in [1.807, 2.05) is 24.6 Å². The second-order valence-electron chi connectivity index (χ2n) is 8.23. The number of thiophene rings is 1. The van der Waals surface area contributed by atoms with E-state index in [9.17, 15) is 4.79 Å². The second kappa shape index (κ2) is 7.81. The quantitative estimate of drug-likeness (QED) is 0.318. The second-order valence-corrected chi connectivity index (χ2v) is 10.4. The largest absolute Gasteiger partial charge is 0.370 e. The van der Waals surface area contributed by atoms with Gasteiger partial charge in [0.05, 0.1) is 17.9 Å². The number of carbonyl (C=O) groups excluding carboxylic acids is 1. The summed E-state index contributed by atoms with van der Waals surface area (Å²) in [6.45, 7) is 10.5. The third kappa shape index (κ3) is 4.25. The predicted octanol–water partition coefficient (Wildman–Crippen LogP) is 4.81. The summed E-state index contributed by atoms with van der Waals surface area (Å²) in [6.07, 6.45) is 2.31. The first-order chi connectivity index (χ1) is 13.7. The molecule has 8 heteroatoms. The minimum absolute atomic E-state index is 0.189. The molecule has 0 saturated carbocycles. The zero-order valence-electron chi connectivity index (χ0n) is 17.5. The summed E-state index contributed by atoms with van der Waals surface area (Å²) in [5.41, 5.74) is 3.09. The molecule has 0 spiro atoms. The number of thioether (sulfide) groups is 1. The highest BCUT2D eigenvalue weighted by atomic mass is 32.2. The maximum atomic E-state index is 11.3. The van der Waals surface area contributed by atoms with Gasteiger partial charge in [0.15, 0.2) is 0 Å². The number of Topliss-reactive ketones (excluding diaryl/α,β-unsaturated/α-hetero) is 1. The highest BCUT2D eigenvalue weighted by Crippen LogP contribution is 2.42. The molecule has 0 saturated heterocycles. The number of aromatic nitrogens is 4. The van der Waals surface area contributed by atoms with Crippen LogP contribution in [0.25, 0.3) is 16.2 Å². The van der Waals surface area contributed by atoms with Gasteiger partial charge < -0.3 is 9.53 Å². The van der Waals surface area contributed by atoms with Crippen molar-refractivity contribution in [2.24, 2.45) is 0 Å². The summed E-state index contributed by atoms with van der Waals surface area (Å²) >= 11 is 3.41. The number of aryl methyl sites for hydroxylation is 2. The van der Waals surface area contributed by atoms with E-state index >= 15 is 0 Å². The molecule has 0 aliphatic carbocycles. The minimum atomic E-state index is -0.189. The van der Waals surface area contributed by atoms with Crippen LogP contribution in [-0.2, 0) is 22.6 Å². The van der Waals surface area contributed by atoms with Gasteiger partial charge in [0.25, 0.3) is 5.95 Å². The number of fused-ring (bicyclic) bond motifs is 3. The Morgan fingerprint density at radius 2 is 2.14 bits per heavy atom. The molecule has 0 unspecified atom stereocenters.